The minimum absolute atomic E-state index is 0.155. The number of hydrogen-bond donors (Lipinski definition) is 0. The Balaban J connectivity index is 0.000000691. The van der Waals surface area contributed by atoms with Gasteiger partial charge >= 0.3 is 0 Å². The number of carbonyl (C=O) groups is 1. The lowest BCUT2D eigenvalue weighted by atomic mass is 10.0. The maximum atomic E-state index is 12.7. The number of carbonyl (C=O) groups excluding carboxylic acids is 1. The molecule has 0 bridgehead atoms. The number of benzene rings is 2. The molecule has 1 aromatic heterocycles. The predicted octanol–water partition coefficient (Wildman–Crippen LogP) is 7.38. The van der Waals surface area contributed by atoms with Gasteiger partial charge in [0.05, 0.1) is 16.3 Å². The van der Waals surface area contributed by atoms with Crippen LogP contribution >= 0.6 is 11.8 Å². The third-order valence-electron chi connectivity index (χ3n) is 4.33. The molecule has 0 aliphatic carbocycles. The summed E-state index contributed by atoms with van der Waals surface area (Å²) in [5.74, 6) is 0.571. The minimum Gasteiger partial charge on any atom is -0.311 e. The van der Waals surface area contributed by atoms with Crippen molar-refractivity contribution >= 4 is 34.3 Å². The van der Waals surface area contributed by atoms with Crippen LogP contribution in [0.25, 0.3) is 10.9 Å². The van der Waals surface area contributed by atoms with E-state index in [0.717, 1.165) is 41.0 Å². The Labute approximate surface area is 186 Å². The molecule has 4 rings (SSSR count). The molecule has 1 aliphatic rings. The molecule has 1 aliphatic heterocycles. The zero-order chi connectivity index (χ0) is 22.4. The van der Waals surface area contributed by atoms with E-state index in [4.69, 9.17) is 0 Å². The fourth-order valence-corrected chi connectivity index (χ4v) is 3.89. The van der Waals surface area contributed by atoms with Crippen molar-refractivity contribution in [3.8, 4) is 0 Å². The van der Waals surface area contributed by atoms with Crippen molar-refractivity contribution in [1.29, 1.82) is 0 Å². The number of pyridine rings is 1. The SMILES string of the molecule is CC.CC.CC.O=C(CSc1ccc2ccccc2n1)N1CCCc2ccccc21. The second-order valence-corrected chi connectivity index (χ2v) is 6.90. The molecule has 3 nitrogen and oxygen atoms in total. The van der Waals surface area contributed by atoms with E-state index in [1.807, 2.05) is 95.0 Å². The normalized spacial score (nSPS) is 11.6. The highest BCUT2D eigenvalue weighted by Gasteiger charge is 2.22. The molecule has 2 heterocycles. The lowest BCUT2D eigenvalue weighted by Crippen LogP contribution is -2.36. The zero-order valence-corrected chi connectivity index (χ0v) is 20.1. The topological polar surface area (TPSA) is 33.2 Å². The van der Waals surface area contributed by atoms with E-state index in [0.29, 0.717) is 5.75 Å². The van der Waals surface area contributed by atoms with E-state index < -0.39 is 0 Å². The van der Waals surface area contributed by atoms with Gasteiger partial charge in [-0.2, -0.15) is 0 Å². The second kappa shape index (κ2) is 14.6. The number of fused-ring (bicyclic) bond motifs is 2. The Hall–Kier alpha value is -2.33. The summed E-state index contributed by atoms with van der Waals surface area (Å²) in [6.07, 6.45) is 2.08. The average molecular weight is 425 g/mol. The molecule has 0 radical (unpaired) electrons. The number of hydrogen-bond acceptors (Lipinski definition) is 3. The van der Waals surface area contributed by atoms with Gasteiger partial charge in [-0.3, -0.25) is 4.79 Å². The maximum absolute atomic E-state index is 12.7. The smallest absolute Gasteiger partial charge is 0.237 e. The minimum atomic E-state index is 0.155. The van der Waals surface area contributed by atoms with Crippen molar-refractivity contribution in [2.24, 2.45) is 0 Å². The highest BCUT2D eigenvalue weighted by molar-refractivity contribution is 7.99. The van der Waals surface area contributed by atoms with Crippen molar-refractivity contribution in [1.82, 2.24) is 4.98 Å². The monoisotopic (exact) mass is 424 g/mol. The first kappa shape index (κ1) is 25.7. The van der Waals surface area contributed by atoms with Crippen LogP contribution in [0.3, 0.4) is 0 Å². The van der Waals surface area contributed by atoms with Gasteiger partial charge in [0.1, 0.15) is 0 Å². The molecule has 0 saturated carbocycles. The van der Waals surface area contributed by atoms with Crippen LogP contribution in [-0.4, -0.2) is 23.2 Å². The van der Waals surface area contributed by atoms with Gasteiger partial charge in [-0.05, 0) is 36.6 Å². The molecule has 0 unspecified atom stereocenters. The fraction of sp³-hybridized carbons (Fsp3) is 0.385. The molecular weight excluding hydrogens is 388 g/mol. The quantitative estimate of drug-likeness (QED) is 0.411. The third-order valence-corrected chi connectivity index (χ3v) is 5.24. The summed E-state index contributed by atoms with van der Waals surface area (Å²) in [5.41, 5.74) is 3.31. The van der Waals surface area contributed by atoms with E-state index >= 15 is 0 Å². The number of para-hydroxylation sites is 2. The fourth-order valence-electron chi connectivity index (χ4n) is 3.13. The number of nitrogens with zero attached hydrogens (tertiary/aromatic N) is 2. The molecular formula is C26H36N2OS. The molecule has 1 amide bonds. The maximum Gasteiger partial charge on any atom is 0.237 e. The predicted molar refractivity (Wildman–Crippen MR) is 134 cm³/mol. The number of aromatic nitrogens is 1. The summed E-state index contributed by atoms with van der Waals surface area (Å²) < 4.78 is 0. The standard InChI is InChI=1S/C20H18N2OS.3C2H6/c23-20(22-13-5-8-16-7-2-4-10-18(16)22)14-24-19-12-11-15-6-1-3-9-17(15)21-19;3*1-2/h1-4,6-7,9-12H,5,8,13-14H2;3*1-2H3. The van der Waals surface area contributed by atoms with Gasteiger partial charge < -0.3 is 4.90 Å². The van der Waals surface area contributed by atoms with Gasteiger partial charge in [0.2, 0.25) is 5.91 Å². The number of thioether (sulfide) groups is 1. The molecule has 0 atom stereocenters. The van der Waals surface area contributed by atoms with Gasteiger partial charge in [-0.15, -0.1) is 0 Å². The molecule has 3 aromatic rings. The van der Waals surface area contributed by atoms with Crippen LogP contribution in [0.15, 0.2) is 65.7 Å². The van der Waals surface area contributed by atoms with Gasteiger partial charge in [-0.25, -0.2) is 4.98 Å². The summed E-state index contributed by atoms with van der Waals surface area (Å²) in [6, 6.07) is 20.3. The van der Waals surface area contributed by atoms with Crippen LogP contribution in [0.4, 0.5) is 5.69 Å². The van der Waals surface area contributed by atoms with Crippen LogP contribution in [0, 0.1) is 0 Å². The molecule has 0 saturated heterocycles. The number of aryl methyl sites for hydroxylation is 1. The van der Waals surface area contributed by atoms with Crippen LogP contribution < -0.4 is 4.90 Å². The Morgan fingerprint density at radius 3 is 2.33 bits per heavy atom. The van der Waals surface area contributed by atoms with Crippen LogP contribution in [0.1, 0.15) is 53.5 Å². The third kappa shape index (κ3) is 6.88. The Morgan fingerprint density at radius 1 is 0.900 bits per heavy atom. The molecule has 0 N–H and O–H groups in total. The summed E-state index contributed by atoms with van der Waals surface area (Å²) in [4.78, 5) is 19.2. The number of anilines is 1. The van der Waals surface area contributed by atoms with Gasteiger partial charge in [0, 0.05) is 17.6 Å². The van der Waals surface area contributed by atoms with Gasteiger partial charge in [0.25, 0.3) is 0 Å². The van der Waals surface area contributed by atoms with Crippen molar-refractivity contribution in [3.63, 3.8) is 0 Å². The van der Waals surface area contributed by atoms with Crippen molar-refractivity contribution in [2.75, 3.05) is 17.2 Å². The first-order valence-electron chi connectivity index (χ1n) is 11.2. The lowest BCUT2D eigenvalue weighted by molar-refractivity contribution is -0.116. The summed E-state index contributed by atoms with van der Waals surface area (Å²) in [5, 5.41) is 2.02. The van der Waals surface area contributed by atoms with Gasteiger partial charge in [0.15, 0.2) is 0 Å². The Kier molecular flexibility index (Phi) is 12.5. The zero-order valence-electron chi connectivity index (χ0n) is 19.3. The second-order valence-electron chi connectivity index (χ2n) is 5.91. The lowest BCUT2D eigenvalue weighted by Gasteiger charge is -2.29. The summed E-state index contributed by atoms with van der Waals surface area (Å²) in [7, 11) is 0. The molecule has 0 fully saturated rings. The van der Waals surface area contributed by atoms with Crippen LogP contribution in [-0.2, 0) is 11.2 Å². The number of rotatable bonds is 3. The highest BCUT2D eigenvalue weighted by atomic mass is 32.2. The Morgan fingerprint density at radius 2 is 1.57 bits per heavy atom. The average Bonchev–Trinajstić information content (AvgIpc) is 2.85. The van der Waals surface area contributed by atoms with Gasteiger partial charge in [-0.1, -0.05) is 95.8 Å². The van der Waals surface area contributed by atoms with Crippen LogP contribution in [0.2, 0.25) is 0 Å². The summed E-state index contributed by atoms with van der Waals surface area (Å²) in [6.45, 7) is 12.8. The number of amides is 1. The van der Waals surface area contributed by atoms with E-state index in [2.05, 4.69) is 17.1 Å². The largest absolute Gasteiger partial charge is 0.311 e. The summed E-state index contributed by atoms with van der Waals surface area (Å²) >= 11 is 1.51. The van der Waals surface area contributed by atoms with E-state index in [1.54, 1.807) is 0 Å². The van der Waals surface area contributed by atoms with E-state index in [9.17, 15) is 4.79 Å². The first-order valence-corrected chi connectivity index (χ1v) is 12.2. The van der Waals surface area contributed by atoms with E-state index in [-0.39, 0.29) is 5.91 Å². The molecule has 30 heavy (non-hydrogen) atoms. The van der Waals surface area contributed by atoms with Crippen molar-refractivity contribution in [3.05, 3.63) is 66.2 Å². The molecule has 4 heteroatoms. The van der Waals surface area contributed by atoms with E-state index in [1.165, 1.54) is 17.3 Å². The van der Waals surface area contributed by atoms with Crippen LogP contribution in [0.5, 0.6) is 0 Å². The Bertz CT molecular complexity index is 895. The molecule has 162 valence electrons. The van der Waals surface area contributed by atoms with Crippen molar-refractivity contribution < 1.29 is 4.79 Å². The molecule has 2 aromatic carbocycles. The highest BCUT2D eigenvalue weighted by Crippen LogP contribution is 2.28. The van der Waals surface area contributed by atoms with Crippen molar-refractivity contribution in [2.45, 2.75) is 59.4 Å². The molecule has 0 spiro atoms. The first-order chi connectivity index (χ1) is 14.8.